The maximum Gasteiger partial charge on any atom is 0.262 e. The zero-order chi connectivity index (χ0) is 20.6. The molecule has 0 saturated carbocycles. The smallest absolute Gasteiger partial charge is 0.262 e. The van der Waals surface area contributed by atoms with Crippen molar-refractivity contribution in [3.8, 4) is 5.75 Å². The number of nitrogens with one attached hydrogen (secondary N) is 2. The fourth-order valence-electron chi connectivity index (χ4n) is 3.58. The van der Waals surface area contributed by atoms with Crippen molar-refractivity contribution in [1.82, 2.24) is 4.31 Å². The second-order valence-corrected chi connectivity index (χ2v) is 8.96. The minimum atomic E-state index is -3.92. The molecule has 0 aliphatic carbocycles. The average molecular weight is 415 g/mol. The molecular formula is C20H21N3O5S. The van der Waals surface area contributed by atoms with E-state index >= 15 is 0 Å². The van der Waals surface area contributed by atoms with Crippen LogP contribution in [-0.2, 0) is 19.6 Å². The Morgan fingerprint density at radius 1 is 1.24 bits per heavy atom. The highest BCUT2D eigenvalue weighted by Crippen LogP contribution is 2.33. The summed E-state index contributed by atoms with van der Waals surface area (Å²) in [4.78, 5) is 24.4. The van der Waals surface area contributed by atoms with Crippen LogP contribution in [0.1, 0.15) is 18.4 Å². The number of carbonyl (C=O) groups is 2. The van der Waals surface area contributed by atoms with Gasteiger partial charge in [0.15, 0.2) is 6.61 Å². The number of carbonyl (C=O) groups excluding carboxylic acids is 2. The van der Waals surface area contributed by atoms with Gasteiger partial charge in [0.25, 0.3) is 5.91 Å². The molecule has 0 spiro atoms. The number of amides is 2. The number of anilines is 2. The molecule has 0 radical (unpaired) electrons. The SMILES string of the molecule is Cc1ccccc1NC(=O)C1CCCN1S(=O)(=O)c1ccc2c(c1)NC(=O)CO2. The third-order valence-corrected chi connectivity index (χ3v) is 7.00. The first-order valence-electron chi connectivity index (χ1n) is 9.31. The van der Waals surface area contributed by atoms with Crippen molar-refractivity contribution in [2.45, 2.75) is 30.7 Å². The fraction of sp³-hybridized carbons (Fsp3) is 0.300. The van der Waals surface area contributed by atoms with Gasteiger partial charge in [-0.2, -0.15) is 4.31 Å². The van der Waals surface area contributed by atoms with Crippen LogP contribution in [-0.4, -0.2) is 43.7 Å². The molecule has 0 bridgehead atoms. The number of fused-ring (bicyclic) bond motifs is 1. The highest BCUT2D eigenvalue weighted by atomic mass is 32.2. The maximum absolute atomic E-state index is 13.2. The summed E-state index contributed by atoms with van der Waals surface area (Å²) in [6, 6.07) is 10.9. The summed E-state index contributed by atoms with van der Waals surface area (Å²) < 4.78 is 33.0. The molecular weight excluding hydrogens is 394 g/mol. The monoisotopic (exact) mass is 415 g/mol. The van der Waals surface area contributed by atoms with Crippen LogP contribution in [0.25, 0.3) is 0 Å². The number of para-hydroxylation sites is 1. The maximum atomic E-state index is 13.2. The van der Waals surface area contributed by atoms with E-state index < -0.39 is 16.1 Å². The predicted octanol–water partition coefficient (Wildman–Crippen LogP) is 2.12. The van der Waals surface area contributed by atoms with Crippen LogP contribution in [0.2, 0.25) is 0 Å². The number of rotatable bonds is 4. The largest absolute Gasteiger partial charge is 0.482 e. The van der Waals surface area contributed by atoms with Gasteiger partial charge in [0.1, 0.15) is 11.8 Å². The first-order chi connectivity index (χ1) is 13.9. The van der Waals surface area contributed by atoms with Crippen LogP contribution in [0, 0.1) is 6.92 Å². The van der Waals surface area contributed by atoms with E-state index in [4.69, 9.17) is 4.74 Å². The second kappa shape index (κ2) is 7.49. The minimum Gasteiger partial charge on any atom is -0.482 e. The zero-order valence-corrected chi connectivity index (χ0v) is 16.7. The van der Waals surface area contributed by atoms with E-state index in [1.807, 2.05) is 25.1 Å². The zero-order valence-electron chi connectivity index (χ0n) is 15.8. The third-order valence-electron chi connectivity index (χ3n) is 5.10. The summed E-state index contributed by atoms with van der Waals surface area (Å²) >= 11 is 0. The highest BCUT2D eigenvalue weighted by molar-refractivity contribution is 7.89. The molecule has 1 unspecified atom stereocenters. The molecule has 2 heterocycles. The van der Waals surface area contributed by atoms with Crippen LogP contribution in [0.3, 0.4) is 0 Å². The van der Waals surface area contributed by atoms with Gasteiger partial charge in [0.2, 0.25) is 15.9 Å². The van der Waals surface area contributed by atoms with Crippen molar-refractivity contribution in [3.63, 3.8) is 0 Å². The van der Waals surface area contributed by atoms with Crippen LogP contribution in [0.15, 0.2) is 47.4 Å². The second-order valence-electron chi connectivity index (χ2n) is 7.07. The summed E-state index contributed by atoms with van der Waals surface area (Å²) in [5, 5.41) is 5.45. The van der Waals surface area contributed by atoms with Crippen molar-refractivity contribution in [1.29, 1.82) is 0 Å². The molecule has 2 aliphatic rings. The number of ether oxygens (including phenoxy) is 1. The van der Waals surface area contributed by atoms with E-state index in [1.54, 1.807) is 6.07 Å². The van der Waals surface area contributed by atoms with E-state index in [2.05, 4.69) is 10.6 Å². The van der Waals surface area contributed by atoms with Crippen LogP contribution in [0.5, 0.6) is 5.75 Å². The number of hydrogen-bond acceptors (Lipinski definition) is 5. The van der Waals surface area contributed by atoms with Crippen molar-refractivity contribution >= 4 is 33.2 Å². The molecule has 8 nitrogen and oxygen atoms in total. The predicted molar refractivity (Wildman–Crippen MR) is 107 cm³/mol. The molecule has 1 fully saturated rings. The van der Waals surface area contributed by atoms with E-state index in [1.165, 1.54) is 22.5 Å². The first-order valence-corrected chi connectivity index (χ1v) is 10.8. The molecule has 1 saturated heterocycles. The Balaban J connectivity index is 1.59. The van der Waals surface area contributed by atoms with E-state index in [9.17, 15) is 18.0 Å². The molecule has 2 aromatic carbocycles. The number of aryl methyl sites for hydroxylation is 1. The van der Waals surface area contributed by atoms with Crippen LogP contribution >= 0.6 is 0 Å². The Morgan fingerprint density at radius 2 is 2.03 bits per heavy atom. The first kappa shape index (κ1) is 19.4. The van der Waals surface area contributed by atoms with Gasteiger partial charge in [-0.05, 0) is 49.6 Å². The van der Waals surface area contributed by atoms with E-state index in [0.29, 0.717) is 30.0 Å². The summed E-state index contributed by atoms with van der Waals surface area (Å²) in [6.45, 7) is 2.03. The number of benzene rings is 2. The Labute approximate surface area is 168 Å². The molecule has 1 atom stereocenters. The van der Waals surface area contributed by atoms with Crippen LogP contribution in [0.4, 0.5) is 11.4 Å². The Morgan fingerprint density at radius 3 is 2.83 bits per heavy atom. The molecule has 9 heteroatoms. The van der Waals surface area contributed by atoms with Gasteiger partial charge in [-0.1, -0.05) is 18.2 Å². The molecule has 29 heavy (non-hydrogen) atoms. The molecule has 2 aromatic rings. The Kier molecular flexibility index (Phi) is 5.01. The van der Waals surface area contributed by atoms with Crippen LogP contribution < -0.4 is 15.4 Å². The van der Waals surface area contributed by atoms with Gasteiger partial charge in [0.05, 0.1) is 10.6 Å². The standard InChI is InChI=1S/C20H21N3O5S/c1-13-5-2-3-6-15(13)22-20(25)17-7-4-10-23(17)29(26,27)14-8-9-18-16(11-14)21-19(24)12-28-18/h2-3,5-6,8-9,11,17H,4,7,10,12H2,1H3,(H,21,24)(H,22,25). The molecule has 2 amide bonds. The normalized spacial score (nSPS) is 19.2. The lowest BCUT2D eigenvalue weighted by molar-refractivity contribution is -0.119. The lowest BCUT2D eigenvalue weighted by Crippen LogP contribution is -2.43. The van der Waals surface area contributed by atoms with Crippen molar-refractivity contribution < 1.29 is 22.7 Å². The van der Waals surface area contributed by atoms with Gasteiger partial charge in [0, 0.05) is 12.2 Å². The molecule has 152 valence electrons. The van der Waals surface area contributed by atoms with Gasteiger partial charge in [-0.25, -0.2) is 8.42 Å². The van der Waals surface area contributed by atoms with Gasteiger partial charge < -0.3 is 15.4 Å². The molecule has 4 rings (SSSR count). The summed E-state index contributed by atoms with van der Waals surface area (Å²) in [7, 11) is -3.92. The van der Waals surface area contributed by atoms with E-state index in [0.717, 1.165) is 5.56 Å². The molecule has 2 aliphatic heterocycles. The van der Waals surface area contributed by atoms with Crippen molar-refractivity contribution in [3.05, 3.63) is 48.0 Å². The fourth-order valence-corrected chi connectivity index (χ4v) is 5.26. The molecule has 0 aromatic heterocycles. The topological polar surface area (TPSA) is 105 Å². The lowest BCUT2D eigenvalue weighted by Gasteiger charge is -2.25. The quantitative estimate of drug-likeness (QED) is 0.796. The third kappa shape index (κ3) is 3.70. The minimum absolute atomic E-state index is 0.0117. The number of nitrogens with zero attached hydrogens (tertiary/aromatic N) is 1. The average Bonchev–Trinajstić information content (AvgIpc) is 3.20. The van der Waals surface area contributed by atoms with Gasteiger partial charge >= 0.3 is 0 Å². The number of sulfonamides is 1. The van der Waals surface area contributed by atoms with Crippen molar-refractivity contribution in [2.24, 2.45) is 0 Å². The van der Waals surface area contributed by atoms with Gasteiger partial charge in [-0.15, -0.1) is 0 Å². The Bertz CT molecular complexity index is 1080. The van der Waals surface area contributed by atoms with E-state index in [-0.39, 0.29) is 29.9 Å². The Hall–Kier alpha value is -2.91. The summed E-state index contributed by atoms with van der Waals surface area (Å²) in [6.07, 6.45) is 1.04. The van der Waals surface area contributed by atoms with Gasteiger partial charge in [-0.3, -0.25) is 9.59 Å². The highest BCUT2D eigenvalue weighted by Gasteiger charge is 2.40. The summed E-state index contributed by atoms with van der Waals surface area (Å²) in [5.41, 5.74) is 1.87. The summed E-state index contributed by atoms with van der Waals surface area (Å²) in [5.74, 6) is -0.280. The van der Waals surface area contributed by atoms with Crippen molar-refractivity contribution in [2.75, 3.05) is 23.8 Å². The molecule has 2 N–H and O–H groups in total. The lowest BCUT2D eigenvalue weighted by atomic mass is 10.1. The number of hydrogen-bond donors (Lipinski definition) is 2.